The first-order valence-corrected chi connectivity index (χ1v) is 4.98. The van der Waals surface area contributed by atoms with Crippen molar-refractivity contribution < 1.29 is 4.42 Å². The van der Waals surface area contributed by atoms with Gasteiger partial charge in [-0.2, -0.15) is 0 Å². The van der Waals surface area contributed by atoms with Crippen LogP contribution in [0.1, 0.15) is 5.89 Å². The van der Waals surface area contributed by atoms with Gasteiger partial charge in [0.2, 0.25) is 0 Å². The number of hydrogen-bond donors (Lipinski definition) is 1. The van der Waals surface area contributed by atoms with Crippen molar-refractivity contribution in [3.8, 4) is 11.3 Å². The van der Waals surface area contributed by atoms with Crippen molar-refractivity contribution in [1.82, 2.24) is 4.98 Å². The molecule has 2 rings (SSSR count). The van der Waals surface area contributed by atoms with Crippen LogP contribution in [-0.2, 0) is 0 Å². The van der Waals surface area contributed by atoms with Gasteiger partial charge in [-0.05, 0) is 18.2 Å². The molecule has 2 aromatic rings. The molecule has 0 spiro atoms. The monoisotopic (exact) mass is 222 g/mol. The fourth-order valence-corrected chi connectivity index (χ4v) is 1.63. The van der Waals surface area contributed by atoms with Crippen LogP contribution in [0.15, 0.2) is 28.8 Å². The predicted octanol–water partition coefficient (Wildman–Crippen LogP) is 3.35. The first kappa shape index (κ1) is 10.1. The second-order valence-electron chi connectivity index (χ2n) is 3.19. The Kier molecular flexibility index (Phi) is 2.64. The highest BCUT2D eigenvalue weighted by Crippen LogP contribution is 2.30. The topological polar surface area (TPSA) is 38.1 Å². The van der Waals surface area contributed by atoms with E-state index in [1.54, 1.807) is 13.1 Å². The Morgan fingerprint density at radius 2 is 2.20 bits per heavy atom. The van der Waals surface area contributed by atoms with Crippen molar-refractivity contribution in [3.05, 3.63) is 35.3 Å². The zero-order valence-corrected chi connectivity index (χ0v) is 9.30. The number of anilines is 1. The first-order valence-electron chi connectivity index (χ1n) is 4.61. The summed E-state index contributed by atoms with van der Waals surface area (Å²) in [6, 6.07) is 5.71. The fraction of sp³-hybridized carbons (Fsp3) is 0.182. The second-order valence-corrected chi connectivity index (χ2v) is 3.60. The van der Waals surface area contributed by atoms with Crippen LogP contribution in [0, 0.1) is 6.92 Å². The van der Waals surface area contributed by atoms with Crippen LogP contribution in [0.3, 0.4) is 0 Å². The van der Waals surface area contributed by atoms with Gasteiger partial charge in [-0.3, -0.25) is 0 Å². The van der Waals surface area contributed by atoms with E-state index >= 15 is 0 Å². The highest BCUT2D eigenvalue weighted by molar-refractivity contribution is 6.33. The van der Waals surface area contributed by atoms with Crippen LogP contribution >= 0.6 is 11.6 Å². The molecule has 78 valence electrons. The molecule has 0 atom stereocenters. The highest BCUT2D eigenvalue weighted by Gasteiger charge is 2.08. The van der Waals surface area contributed by atoms with Gasteiger partial charge in [-0.1, -0.05) is 11.6 Å². The average molecular weight is 223 g/mol. The van der Waals surface area contributed by atoms with E-state index in [1.807, 2.05) is 25.2 Å². The van der Waals surface area contributed by atoms with E-state index < -0.39 is 0 Å². The number of nitrogens with one attached hydrogen (secondary N) is 1. The van der Waals surface area contributed by atoms with Gasteiger partial charge >= 0.3 is 0 Å². The Hall–Kier alpha value is -1.48. The van der Waals surface area contributed by atoms with Gasteiger partial charge in [0, 0.05) is 25.2 Å². The largest absolute Gasteiger partial charge is 0.441 e. The second kappa shape index (κ2) is 3.95. The number of benzene rings is 1. The molecule has 1 N–H and O–H groups in total. The molecule has 0 aliphatic heterocycles. The van der Waals surface area contributed by atoms with Crippen molar-refractivity contribution >= 4 is 17.3 Å². The molecule has 0 amide bonds. The van der Waals surface area contributed by atoms with Crippen molar-refractivity contribution in [1.29, 1.82) is 0 Å². The molecule has 1 heterocycles. The standard InChI is InChI=1S/C11H11ClN2O/c1-7-14-6-11(15-7)9-4-3-8(13-2)5-10(9)12/h3-6,13H,1-2H3. The summed E-state index contributed by atoms with van der Waals surface area (Å²) in [5.41, 5.74) is 1.83. The summed E-state index contributed by atoms with van der Waals surface area (Å²) in [7, 11) is 1.85. The normalized spacial score (nSPS) is 10.3. The minimum atomic E-state index is 0.638. The third-order valence-electron chi connectivity index (χ3n) is 2.14. The van der Waals surface area contributed by atoms with Crippen LogP contribution in [0.5, 0.6) is 0 Å². The highest BCUT2D eigenvalue weighted by atomic mass is 35.5. The molecule has 1 aromatic carbocycles. The minimum absolute atomic E-state index is 0.638. The molecule has 4 heteroatoms. The van der Waals surface area contributed by atoms with E-state index in [1.165, 1.54) is 0 Å². The van der Waals surface area contributed by atoms with E-state index in [4.69, 9.17) is 16.0 Å². The lowest BCUT2D eigenvalue weighted by Gasteiger charge is -2.03. The lowest BCUT2D eigenvalue weighted by Crippen LogP contribution is -1.87. The minimum Gasteiger partial charge on any atom is -0.441 e. The van der Waals surface area contributed by atoms with Crippen molar-refractivity contribution in [3.63, 3.8) is 0 Å². The van der Waals surface area contributed by atoms with Crippen LogP contribution < -0.4 is 5.32 Å². The summed E-state index contributed by atoms with van der Waals surface area (Å²) in [4.78, 5) is 4.04. The fourth-order valence-electron chi connectivity index (χ4n) is 1.36. The molecule has 0 fully saturated rings. The first-order chi connectivity index (χ1) is 7.20. The van der Waals surface area contributed by atoms with Gasteiger partial charge in [0.15, 0.2) is 11.7 Å². The maximum Gasteiger partial charge on any atom is 0.191 e. The van der Waals surface area contributed by atoms with E-state index in [2.05, 4.69) is 10.3 Å². The Bertz CT molecular complexity index is 479. The molecule has 0 aliphatic carbocycles. The summed E-state index contributed by atoms with van der Waals surface area (Å²) in [6.45, 7) is 1.80. The van der Waals surface area contributed by atoms with Crippen LogP contribution in [0.4, 0.5) is 5.69 Å². The number of aromatic nitrogens is 1. The molecule has 3 nitrogen and oxygen atoms in total. The Morgan fingerprint density at radius 3 is 2.73 bits per heavy atom. The molecular weight excluding hydrogens is 212 g/mol. The van der Waals surface area contributed by atoms with E-state index in [0.717, 1.165) is 11.3 Å². The van der Waals surface area contributed by atoms with Gasteiger partial charge < -0.3 is 9.73 Å². The van der Waals surface area contributed by atoms with Gasteiger partial charge in [0.1, 0.15) is 0 Å². The zero-order valence-electron chi connectivity index (χ0n) is 8.54. The smallest absolute Gasteiger partial charge is 0.191 e. The number of aryl methyl sites for hydroxylation is 1. The predicted molar refractivity (Wildman–Crippen MR) is 61.2 cm³/mol. The third kappa shape index (κ3) is 1.97. The molecule has 0 radical (unpaired) electrons. The molecule has 0 saturated carbocycles. The lowest BCUT2D eigenvalue weighted by atomic mass is 10.1. The van der Waals surface area contributed by atoms with Crippen molar-refractivity contribution in [2.75, 3.05) is 12.4 Å². The lowest BCUT2D eigenvalue weighted by molar-refractivity contribution is 0.534. The number of hydrogen-bond acceptors (Lipinski definition) is 3. The molecule has 0 bridgehead atoms. The Labute approximate surface area is 93.1 Å². The van der Waals surface area contributed by atoms with Gasteiger partial charge in [-0.25, -0.2) is 4.98 Å². The maximum atomic E-state index is 6.12. The van der Waals surface area contributed by atoms with Crippen LogP contribution in [-0.4, -0.2) is 12.0 Å². The number of rotatable bonds is 2. The molecule has 1 aromatic heterocycles. The molecule has 0 saturated heterocycles. The average Bonchev–Trinajstić information content (AvgIpc) is 2.64. The van der Waals surface area contributed by atoms with Gasteiger partial charge in [0.25, 0.3) is 0 Å². The van der Waals surface area contributed by atoms with Crippen molar-refractivity contribution in [2.24, 2.45) is 0 Å². The van der Waals surface area contributed by atoms with Gasteiger partial charge in [0.05, 0.1) is 11.2 Å². The SMILES string of the molecule is CNc1ccc(-c2cnc(C)o2)c(Cl)c1. The summed E-state index contributed by atoms with van der Waals surface area (Å²) >= 11 is 6.12. The molecule has 0 unspecified atom stereocenters. The summed E-state index contributed by atoms with van der Waals surface area (Å²) in [5, 5.41) is 3.67. The maximum absolute atomic E-state index is 6.12. The molecule has 15 heavy (non-hydrogen) atoms. The number of nitrogens with zero attached hydrogens (tertiary/aromatic N) is 1. The summed E-state index contributed by atoms with van der Waals surface area (Å²) in [6.07, 6.45) is 1.68. The van der Waals surface area contributed by atoms with Gasteiger partial charge in [-0.15, -0.1) is 0 Å². The van der Waals surface area contributed by atoms with E-state index in [9.17, 15) is 0 Å². The van der Waals surface area contributed by atoms with Crippen molar-refractivity contribution in [2.45, 2.75) is 6.92 Å². The molecular formula is C11H11ClN2O. The Morgan fingerprint density at radius 1 is 1.40 bits per heavy atom. The Balaban J connectivity index is 2.45. The summed E-state index contributed by atoms with van der Waals surface area (Å²) in [5.74, 6) is 1.33. The third-order valence-corrected chi connectivity index (χ3v) is 2.46. The quantitative estimate of drug-likeness (QED) is 0.847. The van der Waals surface area contributed by atoms with Crippen LogP contribution in [0.2, 0.25) is 5.02 Å². The summed E-state index contributed by atoms with van der Waals surface area (Å²) < 4.78 is 5.41. The van der Waals surface area contributed by atoms with E-state index in [-0.39, 0.29) is 0 Å². The zero-order chi connectivity index (χ0) is 10.8. The number of halogens is 1. The number of oxazole rings is 1. The van der Waals surface area contributed by atoms with E-state index in [0.29, 0.717) is 16.7 Å². The van der Waals surface area contributed by atoms with Crippen LogP contribution in [0.25, 0.3) is 11.3 Å². The molecule has 0 aliphatic rings.